The Morgan fingerprint density at radius 3 is 2.70 bits per heavy atom. The van der Waals surface area contributed by atoms with Gasteiger partial charge in [0, 0.05) is 22.8 Å². The van der Waals surface area contributed by atoms with Gasteiger partial charge in [0.15, 0.2) is 0 Å². The van der Waals surface area contributed by atoms with Crippen molar-refractivity contribution in [3.63, 3.8) is 0 Å². The number of H-pyrrole nitrogens is 1. The molecular weight excluding hydrogens is 244 g/mol. The Balaban J connectivity index is 1.85. The average molecular weight is 264 g/mol. The Labute approximate surface area is 119 Å². The third-order valence-electron chi connectivity index (χ3n) is 3.67. The van der Waals surface area contributed by atoms with Crippen LogP contribution in [0.4, 0.5) is 5.69 Å². The van der Waals surface area contributed by atoms with Gasteiger partial charge in [-0.1, -0.05) is 43.7 Å². The van der Waals surface area contributed by atoms with Crippen LogP contribution in [0.3, 0.4) is 0 Å². The van der Waals surface area contributed by atoms with Crippen molar-refractivity contribution < 1.29 is 0 Å². The highest BCUT2D eigenvalue weighted by Crippen LogP contribution is 2.26. The van der Waals surface area contributed by atoms with Gasteiger partial charge >= 0.3 is 0 Å². The number of hydrogen-bond donors (Lipinski definition) is 2. The predicted octanol–water partition coefficient (Wildman–Crippen LogP) is 5.12. The summed E-state index contributed by atoms with van der Waals surface area (Å²) in [5.74, 6) is 0. The molecule has 3 aromatic rings. The van der Waals surface area contributed by atoms with Crippen LogP contribution in [0.1, 0.15) is 31.4 Å². The summed E-state index contributed by atoms with van der Waals surface area (Å²) < 4.78 is 0. The number of nitrogens with one attached hydrogen (secondary N) is 2. The fourth-order valence-electron chi connectivity index (χ4n) is 2.64. The number of hydrogen-bond acceptors (Lipinski definition) is 1. The second kappa shape index (κ2) is 5.83. The molecule has 2 N–H and O–H groups in total. The Bertz CT molecular complexity index is 670. The number of aromatic nitrogens is 1. The van der Waals surface area contributed by atoms with Crippen molar-refractivity contribution in [1.29, 1.82) is 0 Å². The molecule has 2 heteroatoms. The van der Waals surface area contributed by atoms with E-state index in [1.54, 1.807) is 0 Å². The quantitative estimate of drug-likeness (QED) is 0.657. The van der Waals surface area contributed by atoms with Crippen LogP contribution in [-0.2, 0) is 0 Å². The van der Waals surface area contributed by atoms with Crippen LogP contribution < -0.4 is 5.32 Å². The summed E-state index contributed by atoms with van der Waals surface area (Å²) in [5, 5.41) is 4.91. The van der Waals surface area contributed by atoms with Crippen molar-refractivity contribution in [2.45, 2.75) is 25.8 Å². The second-order valence-corrected chi connectivity index (χ2v) is 5.18. The minimum atomic E-state index is 0.373. The van der Waals surface area contributed by atoms with Crippen LogP contribution in [0.2, 0.25) is 0 Å². The van der Waals surface area contributed by atoms with Crippen molar-refractivity contribution in [1.82, 2.24) is 4.98 Å². The highest BCUT2D eigenvalue weighted by molar-refractivity contribution is 5.83. The van der Waals surface area contributed by atoms with Crippen LogP contribution in [0.15, 0.2) is 60.8 Å². The molecule has 0 radical (unpaired) electrons. The van der Waals surface area contributed by atoms with Gasteiger partial charge in [0.25, 0.3) is 0 Å². The van der Waals surface area contributed by atoms with Gasteiger partial charge in [-0.15, -0.1) is 0 Å². The maximum absolute atomic E-state index is 3.66. The molecule has 0 aliphatic heterocycles. The molecule has 0 spiro atoms. The smallest absolute Gasteiger partial charge is 0.0513 e. The first-order chi connectivity index (χ1) is 9.86. The SMILES string of the molecule is CCCC(Nc1ccc2[nH]ccc2c1)c1ccccc1. The van der Waals surface area contributed by atoms with E-state index in [4.69, 9.17) is 0 Å². The van der Waals surface area contributed by atoms with E-state index in [1.165, 1.54) is 28.6 Å². The Morgan fingerprint density at radius 1 is 1.05 bits per heavy atom. The minimum absolute atomic E-state index is 0.373. The molecule has 20 heavy (non-hydrogen) atoms. The number of benzene rings is 2. The molecule has 0 aliphatic carbocycles. The Kier molecular flexibility index (Phi) is 3.73. The van der Waals surface area contributed by atoms with Gasteiger partial charge in [-0.3, -0.25) is 0 Å². The summed E-state index contributed by atoms with van der Waals surface area (Å²) >= 11 is 0. The Morgan fingerprint density at radius 2 is 1.90 bits per heavy atom. The molecule has 0 aliphatic rings. The fraction of sp³-hybridized carbons (Fsp3) is 0.222. The summed E-state index contributed by atoms with van der Waals surface area (Å²) in [7, 11) is 0. The molecule has 1 heterocycles. The number of anilines is 1. The molecule has 1 unspecified atom stereocenters. The van der Waals surface area contributed by atoms with E-state index in [0.717, 1.165) is 6.42 Å². The first kappa shape index (κ1) is 12.8. The Hall–Kier alpha value is -2.22. The van der Waals surface area contributed by atoms with Gasteiger partial charge in [-0.2, -0.15) is 0 Å². The molecule has 0 fully saturated rings. The molecule has 1 atom stereocenters. The van der Waals surface area contributed by atoms with Crippen molar-refractivity contribution in [2.75, 3.05) is 5.32 Å². The molecule has 2 nitrogen and oxygen atoms in total. The molecule has 1 aromatic heterocycles. The van der Waals surface area contributed by atoms with Gasteiger partial charge < -0.3 is 10.3 Å². The lowest BCUT2D eigenvalue weighted by Crippen LogP contribution is -2.10. The average Bonchev–Trinajstić information content (AvgIpc) is 2.95. The lowest BCUT2D eigenvalue weighted by molar-refractivity contribution is 0.678. The van der Waals surface area contributed by atoms with Crippen molar-refractivity contribution in [3.05, 3.63) is 66.4 Å². The molecule has 0 saturated carbocycles. The van der Waals surface area contributed by atoms with Gasteiger partial charge in [-0.25, -0.2) is 0 Å². The summed E-state index contributed by atoms with van der Waals surface area (Å²) in [5.41, 5.74) is 3.71. The maximum atomic E-state index is 3.66. The van der Waals surface area contributed by atoms with Gasteiger partial charge in [0.05, 0.1) is 6.04 Å². The van der Waals surface area contributed by atoms with E-state index in [-0.39, 0.29) is 0 Å². The third-order valence-corrected chi connectivity index (χ3v) is 3.67. The minimum Gasteiger partial charge on any atom is -0.378 e. The molecule has 0 saturated heterocycles. The molecular formula is C18H20N2. The van der Waals surface area contributed by atoms with Gasteiger partial charge in [0.1, 0.15) is 0 Å². The molecule has 2 aromatic carbocycles. The van der Waals surface area contributed by atoms with Crippen molar-refractivity contribution >= 4 is 16.6 Å². The summed E-state index contributed by atoms with van der Waals surface area (Å²) in [4.78, 5) is 3.23. The summed E-state index contributed by atoms with van der Waals surface area (Å²) in [6.45, 7) is 2.23. The molecule has 0 bridgehead atoms. The third kappa shape index (κ3) is 2.69. The lowest BCUT2D eigenvalue weighted by atomic mass is 10.0. The van der Waals surface area contributed by atoms with Crippen LogP contribution >= 0.6 is 0 Å². The van der Waals surface area contributed by atoms with Gasteiger partial charge in [-0.05, 0) is 36.2 Å². The first-order valence-corrected chi connectivity index (χ1v) is 7.25. The highest BCUT2D eigenvalue weighted by atomic mass is 14.9. The normalized spacial score (nSPS) is 12.4. The maximum Gasteiger partial charge on any atom is 0.0513 e. The second-order valence-electron chi connectivity index (χ2n) is 5.18. The summed E-state index contributed by atoms with van der Waals surface area (Å²) in [6.07, 6.45) is 4.28. The topological polar surface area (TPSA) is 27.8 Å². The summed E-state index contributed by atoms with van der Waals surface area (Å²) in [6, 6.07) is 19.6. The van der Waals surface area contributed by atoms with E-state index in [0.29, 0.717) is 6.04 Å². The lowest BCUT2D eigenvalue weighted by Gasteiger charge is -2.20. The fourth-order valence-corrected chi connectivity index (χ4v) is 2.64. The number of aromatic amines is 1. The zero-order valence-corrected chi connectivity index (χ0v) is 11.8. The van der Waals surface area contributed by atoms with Crippen LogP contribution in [0.5, 0.6) is 0 Å². The zero-order valence-electron chi connectivity index (χ0n) is 11.8. The van der Waals surface area contributed by atoms with Gasteiger partial charge in [0.2, 0.25) is 0 Å². The zero-order chi connectivity index (χ0) is 13.8. The standard InChI is InChI=1S/C18H20N2/c1-2-6-18(14-7-4-3-5-8-14)20-16-9-10-17-15(13-16)11-12-19-17/h3-5,7-13,18-20H,2,6H2,1H3. The predicted molar refractivity (Wildman–Crippen MR) is 86.0 cm³/mol. The monoisotopic (exact) mass is 264 g/mol. The van der Waals surface area contributed by atoms with E-state index in [2.05, 4.69) is 71.8 Å². The first-order valence-electron chi connectivity index (χ1n) is 7.25. The number of rotatable bonds is 5. The molecule has 3 rings (SSSR count). The van der Waals surface area contributed by atoms with E-state index < -0.39 is 0 Å². The van der Waals surface area contributed by atoms with Crippen LogP contribution in [0, 0.1) is 0 Å². The highest BCUT2D eigenvalue weighted by Gasteiger charge is 2.10. The van der Waals surface area contributed by atoms with Crippen molar-refractivity contribution in [3.8, 4) is 0 Å². The van der Waals surface area contributed by atoms with Crippen LogP contribution in [0.25, 0.3) is 10.9 Å². The largest absolute Gasteiger partial charge is 0.378 e. The van der Waals surface area contributed by atoms with E-state index in [1.807, 2.05) is 6.20 Å². The number of fused-ring (bicyclic) bond motifs is 1. The van der Waals surface area contributed by atoms with Crippen LogP contribution in [-0.4, -0.2) is 4.98 Å². The van der Waals surface area contributed by atoms with Crippen molar-refractivity contribution in [2.24, 2.45) is 0 Å². The van der Waals surface area contributed by atoms with E-state index in [9.17, 15) is 0 Å². The molecule has 102 valence electrons. The molecule has 0 amide bonds. The van der Waals surface area contributed by atoms with E-state index >= 15 is 0 Å².